The Bertz CT molecular complexity index is 1370. The standard InChI is InChI=1S/C45H72N2O8/c1-8-23-38(49)37(7)47-44(53)35(5)28-21-13-11-9-10-12-20-27-34(4)43(55-45-42(52)41(51)40(50)39(31-48)54-45)36(6)30-33(3)26-19-16-18-25-32(2)24-17-14-15-22-29-46/h9-14,17-18,20-21,25,27-28,30,32-34,39-43,45,48-52H,8,15-16,19,22-24,26,29,31,46H2,1-7H3,(H,47,53)/b11-9+,12-10+,17-14+,21-13+,25-18+,27-20+,35-28+,36-30+,38-37-. The lowest BCUT2D eigenvalue weighted by Gasteiger charge is -2.41. The molecule has 0 aromatic heterocycles. The van der Waals surface area contributed by atoms with E-state index in [0.29, 0.717) is 23.6 Å². The first-order chi connectivity index (χ1) is 26.3. The Labute approximate surface area is 331 Å². The first-order valence-electron chi connectivity index (χ1n) is 20.0. The van der Waals surface area contributed by atoms with E-state index >= 15 is 0 Å². The topological polar surface area (TPSA) is 175 Å². The molecule has 1 saturated heterocycles. The van der Waals surface area contributed by atoms with E-state index in [2.05, 4.69) is 49.5 Å². The Hall–Kier alpha value is -3.35. The summed E-state index contributed by atoms with van der Waals surface area (Å²) in [6.07, 6.45) is 27.9. The molecule has 1 aliphatic rings. The SMILES string of the molecule is CCC/C(O)=C(\C)NC(=O)/C(C)=C/C=C/C=C/C=C/C=C/C(C)C(OC1OC(CO)C(O)C(O)C1O)/C(C)=C/C(C)CCC/C=C/C(C)C/C=C/CCCN. The number of amides is 1. The van der Waals surface area contributed by atoms with Gasteiger partial charge in [0.25, 0.3) is 5.91 Å². The summed E-state index contributed by atoms with van der Waals surface area (Å²) >= 11 is 0. The number of hydrogen-bond donors (Lipinski definition) is 7. The second-order valence-electron chi connectivity index (χ2n) is 14.6. The fraction of sp³-hybridized carbons (Fsp3) is 0.578. The summed E-state index contributed by atoms with van der Waals surface area (Å²) in [5, 5.41) is 53.7. The third-order valence-electron chi connectivity index (χ3n) is 9.35. The van der Waals surface area contributed by atoms with Gasteiger partial charge in [-0.05, 0) is 89.7 Å². The van der Waals surface area contributed by atoms with E-state index in [1.54, 1.807) is 26.0 Å². The molecule has 310 valence electrons. The Morgan fingerprint density at radius 1 is 0.855 bits per heavy atom. The number of aliphatic hydroxyl groups is 5. The van der Waals surface area contributed by atoms with Gasteiger partial charge in [-0.25, -0.2) is 0 Å². The van der Waals surface area contributed by atoms with E-state index in [0.717, 1.165) is 57.1 Å². The van der Waals surface area contributed by atoms with Gasteiger partial charge in [0.05, 0.1) is 18.4 Å². The van der Waals surface area contributed by atoms with Crippen LogP contribution in [0, 0.1) is 17.8 Å². The van der Waals surface area contributed by atoms with Gasteiger partial charge in [0.2, 0.25) is 0 Å². The first-order valence-corrected chi connectivity index (χ1v) is 20.0. The molecule has 1 aliphatic heterocycles. The minimum Gasteiger partial charge on any atom is -0.511 e. The van der Waals surface area contributed by atoms with Gasteiger partial charge < -0.3 is 46.1 Å². The molecule has 0 aromatic rings. The molecule has 9 unspecified atom stereocenters. The van der Waals surface area contributed by atoms with Gasteiger partial charge >= 0.3 is 0 Å². The van der Waals surface area contributed by atoms with Gasteiger partial charge in [0, 0.05) is 17.9 Å². The smallest absolute Gasteiger partial charge is 0.251 e. The van der Waals surface area contributed by atoms with Crippen LogP contribution in [-0.2, 0) is 14.3 Å². The normalized spacial score (nSPS) is 24.5. The number of ether oxygens (including phenoxy) is 2. The van der Waals surface area contributed by atoms with Crippen LogP contribution < -0.4 is 11.1 Å². The monoisotopic (exact) mass is 769 g/mol. The molecule has 10 nitrogen and oxygen atoms in total. The van der Waals surface area contributed by atoms with Crippen LogP contribution in [0.2, 0.25) is 0 Å². The van der Waals surface area contributed by atoms with Crippen molar-refractivity contribution in [3.05, 3.63) is 108 Å². The lowest BCUT2D eigenvalue weighted by molar-refractivity contribution is -0.310. The van der Waals surface area contributed by atoms with Crippen molar-refractivity contribution in [2.24, 2.45) is 23.5 Å². The number of allylic oxidation sites excluding steroid dienone is 15. The molecule has 0 aromatic carbocycles. The quantitative estimate of drug-likeness (QED) is 0.0165. The average molecular weight is 769 g/mol. The van der Waals surface area contributed by atoms with Crippen molar-refractivity contribution >= 4 is 5.91 Å². The Balaban J connectivity index is 2.92. The molecular weight excluding hydrogens is 697 g/mol. The molecule has 10 heteroatoms. The van der Waals surface area contributed by atoms with Crippen LogP contribution in [-0.4, -0.2) is 81.4 Å². The zero-order valence-electron chi connectivity index (χ0n) is 34.4. The summed E-state index contributed by atoms with van der Waals surface area (Å²) in [7, 11) is 0. The number of aliphatic hydroxyl groups excluding tert-OH is 5. The van der Waals surface area contributed by atoms with Crippen LogP contribution in [0.25, 0.3) is 0 Å². The molecule has 0 bridgehead atoms. The largest absolute Gasteiger partial charge is 0.511 e. The predicted molar refractivity (Wildman–Crippen MR) is 224 cm³/mol. The molecule has 0 radical (unpaired) electrons. The number of nitrogens with one attached hydrogen (secondary N) is 1. The molecule has 8 N–H and O–H groups in total. The summed E-state index contributed by atoms with van der Waals surface area (Å²) in [6, 6.07) is 0. The molecule has 55 heavy (non-hydrogen) atoms. The van der Waals surface area contributed by atoms with E-state index < -0.39 is 43.4 Å². The number of hydrogen-bond acceptors (Lipinski definition) is 9. The highest BCUT2D eigenvalue weighted by molar-refractivity contribution is 5.94. The van der Waals surface area contributed by atoms with Gasteiger partial charge in [-0.1, -0.05) is 113 Å². The maximum Gasteiger partial charge on any atom is 0.251 e. The van der Waals surface area contributed by atoms with E-state index in [9.17, 15) is 30.3 Å². The zero-order valence-corrected chi connectivity index (χ0v) is 34.4. The van der Waals surface area contributed by atoms with Crippen LogP contribution in [0.15, 0.2) is 108 Å². The van der Waals surface area contributed by atoms with Crippen molar-refractivity contribution < 1.29 is 39.8 Å². The third kappa shape index (κ3) is 20.4. The molecule has 1 heterocycles. The highest BCUT2D eigenvalue weighted by Crippen LogP contribution is 2.28. The molecule has 9 atom stereocenters. The van der Waals surface area contributed by atoms with Crippen molar-refractivity contribution in [3.63, 3.8) is 0 Å². The lowest BCUT2D eigenvalue weighted by Crippen LogP contribution is -2.60. The van der Waals surface area contributed by atoms with Gasteiger partial charge in [-0.2, -0.15) is 0 Å². The van der Waals surface area contributed by atoms with Gasteiger partial charge in [-0.15, -0.1) is 0 Å². The highest BCUT2D eigenvalue weighted by atomic mass is 16.7. The highest BCUT2D eigenvalue weighted by Gasteiger charge is 2.45. The van der Waals surface area contributed by atoms with Crippen LogP contribution in [0.5, 0.6) is 0 Å². The Morgan fingerprint density at radius 2 is 1.51 bits per heavy atom. The number of carbonyl (C=O) groups excluding carboxylic acids is 1. The molecule has 1 fully saturated rings. The van der Waals surface area contributed by atoms with Crippen LogP contribution in [0.4, 0.5) is 0 Å². The average Bonchev–Trinajstić information content (AvgIpc) is 3.15. The van der Waals surface area contributed by atoms with Gasteiger partial charge in [-0.3, -0.25) is 4.79 Å². The first kappa shape index (κ1) is 49.7. The summed E-state index contributed by atoms with van der Waals surface area (Å²) in [6.45, 7) is 13.9. The van der Waals surface area contributed by atoms with E-state index in [1.807, 2.05) is 63.3 Å². The second kappa shape index (κ2) is 29.0. The molecule has 1 rings (SSSR count). The molecule has 0 saturated carbocycles. The van der Waals surface area contributed by atoms with Crippen molar-refractivity contribution in [3.8, 4) is 0 Å². The number of unbranched alkanes of at least 4 members (excludes halogenated alkanes) is 2. The predicted octanol–water partition coefficient (Wildman–Crippen LogP) is 7.31. The summed E-state index contributed by atoms with van der Waals surface area (Å²) in [5.41, 5.74) is 7.47. The van der Waals surface area contributed by atoms with E-state index in [4.69, 9.17) is 15.2 Å². The van der Waals surface area contributed by atoms with Crippen molar-refractivity contribution in [1.82, 2.24) is 5.32 Å². The minimum atomic E-state index is -1.53. The number of nitrogens with two attached hydrogens (primary N) is 1. The lowest BCUT2D eigenvalue weighted by atomic mass is 9.92. The van der Waals surface area contributed by atoms with E-state index in [-0.39, 0.29) is 23.5 Å². The van der Waals surface area contributed by atoms with Crippen molar-refractivity contribution in [2.75, 3.05) is 13.2 Å². The number of carbonyl (C=O) groups is 1. The van der Waals surface area contributed by atoms with Gasteiger partial charge in [0.1, 0.15) is 30.2 Å². The minimum absolute atomic E-state index is 0.167. The molecule has 0 aliphatic carbocycles. The summed E-state index contributed by atoms with van der Waals surface area (Å²) in [4.78, 5) is 12.3. The van der Waals surface area contributed by atoms with E-state index in [1.165, 1.54) is 0 Å². The van der Waals surface area contributed by atoms with Crippen LogP contribution >= 0.6 is 0 Å². The Kier molecular flexibility index (Phi) is 26.2. The second-order valence-corrected chi connectivity index (χ2v) is 14.6. The van der Waals surface area contributed by atoms with Gasteiger partial charge in [0.15, 0.2) is 6.29 Å². The fourth-order valence-corrected chi connectivity index (χ4v) is 5.93. The third-order valence-corrected chi connectivity index (χ3v) is 9.35. The van der Waals surface area contributed by atoms with Crippen molar-refractivity contribution in [1.29, 1.82) is 0 Å². The van der Waals surface area contributed by atoms with Crippen LogP contribution in [0.3, 0.4) is 0 Å². The van der Waals surface area contributed by atoms with Crippen LogP contribution in [0.1, 0.15) is 99.8 Å². The molecule has 1 amide bonds. The van der Waals surface area contributed by atoms with Crippen molar-refractivity contribution in [2.45, 2.75) is 137 Å². The Morgan fingerprint density at radius 3 is 2.16 bits per heavy atom. The molecule has 0 spiro atoms. The molecular formula is C45H72N2O8. The fourth-order valence-electron chi connectivity index (χ4n) is 5.93. The maximum atomic E-state index is 12.3. The maximum absolute atomic E-state index is 12.3. The summed E-state index contributed by atoms with van der Waals surface area (Å²) < 4.78 is 12.0. The number of rotatable bonds is 25. The summed E-state index contributed by atoms with van der Waals surface area (Å²) in [5.74, 6) is 0.502. The zero-order chi connectivity index (χ0) is 41.2.